The second kappa shape index (κ2) is 12.0. The van der Waals surface area contributed by atoms with Gasteiger partial charge in [-0.15, -0.1) is 0 Å². The molecule has 1 heteroatoms. The van der Waals surface area contributed by atoms with Gasteiger partial charge in [0, 0.05) is 0 Å². The summed E-state index contributed by atoms with van der Waals surface area (Å²) in [6.07, 6.45) is 20.4. The van der Waals surface area contributed by atoms with Crippen molar-refractivity contribution in [2.75, 3.05) is 0 Å². The van der Waals surface area contributed by atoms with Crippen LogP contribution in [0.3, 0.4) is 0 Å². The molecule has 0 aromatic carbocycles. The number of hydrogen-bond acceptors (Lipinski definition) is 0. The monoisotopic (exact) mass is 400 g/mol. The summed E-state index contributed by atoms with van der Waals surface area (Å²) in [5.41, 5.74) is 0. The Morgan fingerprint density at radius 3 is 1.81 bits per heavy atom. The van der Waals surface area contributed by atoms with Gasteiger partial charge in [0.15, 0.2) is 0 Å². The molecule has 1 aliphatic rings. The van der Waals surface area contributed by atoms with E-state index in [1.165, 1.54) is 77.0 Å². The maximum absolute atomic E-state index is 2.77. The Morgan fingerprint density at radius 2 is 1.29 bits per heavy atom. The molecule has 0 N–H and O–H groups in total. The van der Waals surface area contributed by atoms with Crippen LogP contribution in [-0.4, -0.2) is 18.4 Å². The predicted molar refractivity (Wildman–Crippen MR) is 101 cm³/mol. The molecule has 1 aliphatic carbocycles. The molecule has 0 saturated carbocycles. The van der Waals surface area contributed by atoms with Crippen LogP contribution in [0.5, 0.6) is 0 Å². The van der Waals surface area contributed by atoms with E-state index in [1.807, 2.05) is 0 Å². The van der Waals surface area contributed by atoms with E-state index in [0.29, 0.717) is 0 Å². The molecule has 0 aromatic rings. The van der Waals surface area contributed by atoms with Crippen molar-refractivity contribution < 1.29 is 0 Å². The van der Waals surface area contributed by atoms with E-state index in [4.69, 9.17) is 0 Å². The summed E-state index contributed by atoms with van der Waals surface area (Å²) in [6.45, 7) is 7.17. The Labute approximate surface area is 139 Å². The first kappa shape index (κ1) is 19.6. The first-order chi connectivity index (χ1) is 10.3. The van der Waals surface area contributed by atoms with Gasteiger partial charge in [0.2, 0.25) is 0 Å². The van der Waals surface area contributed by atoms with E-state index in [1.54, 1.807) is 13.3 Å². The summed E-state index contributed by atoms with van der Waals surface area (Å²) in [7, 11) is 0. The van der Waals surface area contributed by atoms with Gasteiger partial charge in [0.1, 0.15) is 0 Å². The Bertz CT molecular complexity index is 258. The van der Waals surface area contributed by atoms with Crippen molar-refractivity contribution in [3.05, 3.63) is 9.67 Å². The van der Waals surface area contributed by atoms with E-state index in [0.717, 1.165) is 0 Å². The fourth-order valence-corrected chi connectivity index (χ4v) is 21.5. The molecule has 0 amide bonds. The number of unbranched alkanes of at least 4 members (excludes halogenated alkanes) is 3. The SMILES string of the molecule is CCC[CH2][Sn]([CH2]CCC)([CH2]CCC)[C]1=CCCCCCC1. The van der Waals surface area contributed by atoms with Gasteiger partial charge in [0.25, 0.3) is 0 Å². The van der Waals surface area contributed by atoms with Gasteiger partial charge < -0.3 is 0 Å². The molecule has 0 radical (unpaired) electrons. The Balaban J connectivity index is 2.91. The summed E-state index contributed by atoms with van der Waals surface area (Å²) in [6, 6.07) is 0. The van der Waals surface area contributed by atoms with Gasteiger partial charge >= 0.3 is 139 Å². The third kappa shape index (κ3) is 7.10. The zero-order valence-electron chi connectivity index (χ0n) is 15.2. The van der Waals surface area contributed by atoms with E-state index in [9.17, 15) is 0 Å². The number of hydrogen-bond donors (Lipinski definition) is 0. The maximum atomic E-state index is 2.77. The fraction of sp³-hybridized carbons (Fsp3) is 0.900. The molecule has 0 saturated heterocycles. The van der Waals surface area contributed by atoms with Crippen molar-refractivity contribution in [3.8, 4) is 0 Å². The first-order valence-electron chi connectivity index (χ1n) is 9.98. The first-order valence-corrected chi connectivity index (χ1v) is 17.5. The Morgan fingerprint density at radius 1 is 0.762 bits per heavy atom. The normalized spacial score (nSPS) is 17.2. The minimum absolute atomic E-state index is 1.40. The molecule has 124 valence electrons. The average Bonchev–Trinajstić information content (AvgIpc) is 2.47. The van der Waals surface area contributed by atoms with Crippen molar-refractivity contribution in [1.82, 2.24) is 0 Å². The minimum atomic E-state index is -2.03. The van der Waals surface area contributed by atoms with Crippen LogP contribution in [0.25, 0.3) is 0 Å². The van der Waals surface area contributed by atoms with Gasteiger partial charge in [-0.3, -0.25) is 0 Å². The average molecular weight is 399 g/mol. The zero-order chi connectivity index (χ0) is 15.4. The van der Waals surface area contributed by atoms with Crippen molar-refractivity contribution >= 4 is 18.4 Å². The van der Waals surface area contributed by atoms with Crippen LogP contribution in [0.4, 0.5) is 0 Å². The quantitative estimate of drug-likeness (QED) is 0.331. The fourth-order valence-electron chi connectivity index (χ4n) is 4.08. The molecule has 0 bridgehead atoms. The Kier molecular flexibility index (Phi) is 11.2. The van der Waals surface area contributed by atoms with Crippen LogP contribution in [-0.2, 0) is 0 Å². The molecule has 1 rings (SSSR count). The molecule has 0 spiro atoms. The van der Waals surface area contributed by atoms with Crippen molar-refractivity contribution in [2.45, 2.75) is 111 Å². The molecular weight excluding hydrogens is 359 g/mol. The second-order valence-electron chi connectivity index (χ2n) is 7.27. The van der Waals surface area contributed by atoms with E-state index in [2.05, 4.69) is 30.4 Å². The summed E-state index contributed by atoms with van der Waals surface area (Å²) < 4.78 is 7.07. The van der Waals surface area contributed by atoms with Crippen LogP contribution < -0.4 is 0 Å². The van der Waals surface area contributed by atoms with Gasteiger partial charge in [-0.05, 0) is 0 Å². The molecule has 0 nitrogen and oxygen atoms in total. The van der Waals surface area contributed by atoms with Crippen LogP contribution >= 0.6 is 0 Å². The van der Waals surface area contributed by atoms with Crippen molar-refractivity contribution in [3.63, 3.8) is 0 Å². The zero-order valence-corrected chi connectivity index (χ0v) is 18.0. The van der Waals surface area contributed by atoms with Crippen LogP contribution in [0.15, 0.2) is 9.67 Å². The van der Waals surface area contributed by atoms with Gasteiger partial charge in [0.05, 0.1) is 0 Å². The number of allylic oxidation sites excluding steroid dienone is 2. The van der Waals surface area contributed by atoms with E-state index < -0.39 is 18.4 Å². The van der Waals surface area contributed by atoms with E-state index in [-0.39, 0.29) is 0 Å². The molecule has 21 heavy (non-hydrogen) atoms. The van der Waals surface area contributed by atoms with Gasteiger partial charge in [-0.1, -0.05) is 0 Å². The molecule has 0 atom stereocenters. The van der Waals surface area contributed by atoms with Gasteiger partial charge in [-0.2, -0.15) is 0 Å². The van der Waals surface area contributed by atoms with Crippen LogP contribution in [0.2, 0.25) is 13.3 Å². The molecule has 0 heterocycles. The topological polar surface area (TPSA) is 0 Å². The van der Waals surface area contributed by atoms with Gasteiger partial charge in [-0.25, -0.2) is 0 Å². The third-order valence-corrected chi connectivity index (χ3v) is 21.9. The third-order valence-electron chi connectivity index (χ3n) is 5.50. The summed E-state index contributed by atoms with van der Waals surface area (Å²) in [4.78, 5) is 0. The molecule has 0 fully saturated rings. The van der Waals surface area contributed by atoms with Crippen molar-refractivity contribution in [1.29, 1.82) is 0 Å². The standard InChI is InChI=1S/C8H13.3C4H9.Sn/c1-2-4-6-8-7-5-3-1;3*1-3-4-2;/h1H,2,4-8H2;3*1,3-4H2,2H3;. The molecular formula is C20H40Sn. The number of rotatable bonds is 10. The summed E-state index contributed by atoms with van der Waals surface area (Å²) >= 11 is -2.03. The second-order valence-corrected chi connectivity index (χ2v) is 20.7. The van der Waals surface area contributed by atoms with E-state index >= 15 is 0 Å². The van der Waals surface area contributed by atoms with Crippen molar-refractivity contribution in [2.24, 2.45) is 0 Å². The molecule has 0 aliphatic heterocycles. The Hall–Kier alpha value is 0.539. The van der Waals surface area contributed by atoms with Crippen LogP contribution in [0, 0.1) is 0 Å². The summed E-state index contributed by atoms with van der Waals surface area (Å²) in [5.74, 6) is 0. The molecule has 0 aromatic heterocycles. The van der Waals surface area contributed by atoms with Crippen LogP contribution in [0.1, 0.15) is 97.8 Å². The summed E-state index contributed by atoms with van der Waals surface area (Å²) in [5, 5.41) is 0. The molecule has 0 unspecified atom stereocenters. The predicted octanol–water partition coefficient (Wildman–Crippen LogP) is 7.66.